The maximum atomic E-state index is 10.2. The number of phenolic OH excluding ortho intramolecular Hbond substituents is 1. The van der Waals surface area contributed by atoms with Crippen molar-refractivity contribution in [1.82, 2.24) is 4.90 Å². The third kappa shape index (κ3) is 6.30. The van der Waals surface area contributed by atoms with Crippen LogP contribution in [0.4, 0.5) is 11.4 Å². The molecule has 1 N–H and O–H groups in total. The first-order valence-electron chi connectivity index (χ1n) is 11.1. The number of hydrogen-bond donors (Lipinski definition) is 1. The minimum Gasteiger partial charge on any atom is -0.507 e. The normalized spacial score (nSPS) is 24.0. The second-order valence-corrected chi connectivity index (χ2v) is 10.7. The number of aryl methyl sites for hydroxylation is 1. The zero-order valence-electron chi connectivity index (χ0n) is 18.4. The molecule has 2 aromatic carbocycles. The van der Waals surface area contributed by atoms with E-state index >= 15 is 0 Å². The summed E-state index contributed by atoms with van der Waals surface area (Å²) in [6, 6.07) is 13.7. The van der Waals surface area contributed by atoms with E-state index in [4.69, 9.17) is 13.3 Å². The Hall–Kier alpha value is -2.43. The van der Waals surface area contributed by atoms with Crippen LogP contribution in [0.5, 0.6) is 5.75 Å². The van der Waals surface area contributed by atoms with E-state index in [1.165, 1.54) is 5.56 Å². The van der Waals surface area contributed by atoms with Crippen LogP contribution in [0.3, 0.4) is 0 Å². The molecule has 0 aromatic heterocycles. The molecule has 5 rings (SSSR count). The van der Waals surface area contributed by atoms with Gasteiger partial charge in [0.1, 0.15) is 5.75 Å². The number of aromatic hydroxyl groups is 1. The van der Waals surface area contributed by atoms with Crippen LogP contribution in [0, 0.1) is 6.92 Å². The SMILES string of the molecule is Cc1ccc(N=Nc2ccc(O)c(C=NCCC[Si]34OCCN(CCO3)CCO4)c2)cc1. The predicted molar refractivity (Wildman–Crippen MR) is 125 cm³/mol. The molecule has 0 unspecified atom stereocenters. The van der Waals surface area contributed by atoms with Crippen LogP contribution in [0.25, 0.3) is 0 Å². The second-order valence-electron chi connectivity index (χ2n) is 7.99. The molecule has 0 radical (unpaired) electrons. The molecule has 3 heterocycles. The Morgan fingerprint density at radius 1 is 0.938 bits per heavy atom. The smallest absolute Gasteiger partial charge is 0.501 e. The van der Waals surface area contributed by atoms with Crippen molar-refractivity contribution in [3.05, 3.63) is 53.6 Å². The summed E-state index contributed by atoms with van der Waals surface area (Å²) in [7, 11) is -2.60. The van der Waals surface area contributed by atoms with Crippen LogP contribution in [-0.4, -0.2) is 71.0 Å². The van der Waals surface area contributed by atoms with Gasteiger partial charge in [0.05, 0.1) is 31.2 Å². The van der Waals surface area contributed by atoms with Crippen LogP contribution in [0.1, 0.15) is 17.5 Å². The first kappa shape index (κ1) is 22.7. The molecule has 2 bridgehead atoms. The molecule has 3 saturated heterocycles. The van der Waals surface area contributed by atoms with Gasteiger partial charge in [-0.05, 0) is 43.7 Å². The van der Waals surface area contributed by atoms with Crippen molar-refractivity contribution < 1.29 is 18.4 Å². The third-order valence-electron chi connectivity index (χ3n) is 5.52. The zero-order valence-corrected chi connectivity index (χ0v) is 19.4. The number of hydrogen-bond acceptors (Lipinski definition) is 8. The van der Waals surface area contributed by atoms with E-state index in [2.05, 4.69) is 20.1 Å². The highest BCUT2D eigenvalue weighted by Gasteiger charge is 2.43. The molecule has 0 aliphatic carbocycles. The highest BCUT2D eigenvalue weighted by Crippen LogP contribution is 2.25. The molecule has 9 heteroatoms. The van der Waals surface area contributed by atoms with Gasteiger partial charge < -0.3 is 18.4 Å². The maximum Gasteiger partial charge on any atom is 0.501 e. The minimum atomic E-state index is -2.60. The molecule has 0 saturated carbocycles. The standard InChI is InChI=1S/C23H30N4O4Si/c1-19-3-5-21(6-4-19)25-26-22-7-8-23(28)20(17-22)18-24-9-2-16-32-29-13-10-27(11-14-30-32)12-15-31-32/h3-8,17-18,28H,2,9-16H2,1H3. The Morgan fingerprint density at radius 2 is 1.56 bits per heavy atom. The highest BCUT2D eigenvalue weighted by molar-refractivity contribution is 6.60. The van der Waals surface area contributed by atoms with Gasteiger partial charge in [-0.15, -0.1) is 0 Å². The summed E-state index contributed by atoms with van der Waals surface area (Å²) in [6.45, 7) is 7.44. The fourth-order valence-corrected chi connectivity index (χ4v) is 6.13. The maximum absolute atomic E-state index is 10.2. The molecular formula is C23H30N4O4Si. The molecule has 8 nitrogen and oxygen atoms in total. The van der Waals surface area contributed by atoms with E-state index in [0.29, 0.717) is 37.6 Å². The van der Waals surface area contributed by atoms with Crippen LogP contribution < -0.4 is 0 Å². The second kappa shape index (κ2) is 10.9. The van der Waals surface area contributed by atoms with Gasteiger partial charge in [0.25, 0.3) is 0 Å². The van der Waals surface area contributed by atoms with Crippen molar-refractivity contribution in [3.63, 3.8) is 0 Å². The van der Waals surface area contributed by atoms with Gasteiger partial charge in [0.2, 0.25) is 0 Å². The summed E-state index contributed by atoms with van der Waals surface area (Å²) in [5, 5.41) is 18.7. The average Bonchev–Trinajstić information content (AvgIpc) is 2.75. The van der Waals surface area contributed by atoms with Crippen molar-refractivity contribution >= 4 is 26.4 Å². The van der Waals surface area contributed by atoms with E-state index in [-0.39, 0.29) is 5.75 Å². The summed E-state index contributed by atoms with van der Waals surface area (Å²) in [6.07, 6.45) is 2.48. The summed E-state index contributed by atoms with van der Waals surface area (Å²) in [4.78, 5) is 6.80. The Bertz CT molecular complexity index is 925. The van der Waals surface area contributed by atoms with Gasteiger partial charge in [0.15, 0.2) is 0 Å². The van der Waals surface area contributed by atoms with Crippen molar-refractivity contribution in [1.29, 1.82) is 0 Å². The molecular weight excluding hydrogens is 424 g/mol. The van der Waals surface area contributed by atoms with Gasteiger partial charge in [-0.2, -0.15) is 10.2 Å². The minimum absolute atomic E-state index is 0.163. The number of benzene rings is 2. The van der Waals surface area contributed by atoms with Crippen LogP contribution >= 0.6 is 0 Å². The number of rotatable bonds is 7. The lowest BCUT2D eigenvalue weighted by atomic mass is 10.2. The van der Waals surface area contributed by atoms with Crippen molar-refractivity contribution in [2.24, 2.45) is 15.2 Å². The average molecular weight is 455 g/mol. The Kier molecular flexibility index (Phi) is 7.77. The van der Waals surface area contributed by atoms with Crippen LogP contribution in [-0.2, 0) is 13.3 Å². The molecule has 2 aromatic rings. The number of aliphatic imine (C=N–C) groups is 1. The van der Waals surface area contributed by atoms with E-state index in [9.17, 15) is 5.11 Å². The lowest BCUT2D eigenvalue weighted by molar-refractivity contribution is -0.00841. The van der Waals surface area contributed by atoms with Crippen molar-refractivity contribution in [3.8, 4) is 5.75 Å². The van der Waals surface area contributed by atoms with E-state index in [1.807, 2.05) is 31.2 Å². The zero-order chi connectivity index (χ0) is 22.2. The van der Waals surface area contributed by atoms with Gasteiger partial charge in [-0.3, -0.25) is 9.89 Å². The van der Waals surface area contributed by atoms with Crippen molar-refractivity contribution in [2.45, 2.75) is 19.4 Å². The lowest BCUT2D eigenvalue weighted by Gasteiger charge is -2.38. The van der Waals surface area contributed by atoms with Crippen molar-refractivity contribution in [2.75, 3.05) is 46.0 Å². The quantitative estimate of drug-likeness (QED) is 0.293. The molecule has 32 heavy (non-hydrogen) atoms. The molecule has 3 aliphatic rings. The summed E-state index contributed by atoms with van der Waals surface area (Å²) < 4.78 is 18.1. The third-order valence-corrected chi connectivity index (χ3v) is 8.41. The summed E-state index contributed by atoms with van der Waals surface area (Å²) in [5.74, 6) is 0.163. The molecule has 3 aliphatic heterocycles. The van der Waals surface area contributed by atoms with E-state index < -0.39 is 8.80 Å². The van der Waals surface area contributed by atoms with Gasteiger partial charge in [0, 0.05) is 44.0 Å². The first-order chi connectivity index (χ1) is 15.6. The van der Waals surface area contributed by atoms with Gasteiger partial charge in [-0.25, -0.2) is 0 Å². The molecule has 170 valence electrons. The fraction of sp³-hybridized carbons (Fsp3) is 0.435. The first-order valence-corrected chi connectivity index (χ1v) is 13.0. The number of nitrogens with zero attached hydrogens (tertiary/aromatic N) is 4. The highest BCUT2D eigenvalue weighted by atomic mass is 28.4. The molecule has 0 atom stereocenters. The van der Waals surface area contributed by atoms with E-state index in [1.54, 1.807) is 24.4 Å². The van der Waals surface area contributed by atoms with E-state index in [0.717, 1.165) is 37.8 Å². The van der Waals surface area contributed by atoms with Gasteiger partial charge >= 0.3 is 8.80 Å². The number of phenols is 1. The topological polar surface area (TPSA) is 88.2 Å². The predicted octanol–water partition coefficient (Wildman–Crippen LogP) is 4.24. The lowest BCUT2D eigenvalue weighted by Crippen LogP contribution is -2.55. The van der Waals surface area contributed by atoms with Gasteiger partial charge in [-0.1, -0.05) is 17.7 Å². The largest absolute Gasteiger partial charge is 0.507 e. The molecule has 0 spiro atoms. The van der Waals surface area contributed by atoms with Crippen LogP contribution in [0.15, 0.2) is 57.7 Å². The van der Waals surface area contributed by atoms with Crippen LogP contribution in [0.2, 0.25) is 6.04 Å². The monoisotopic (exact) mass is 454 g/mol. The molecule has 0 amide bonds. The number of fused-ring (bicyclic) bond motifs is 6. The number of azo groups is 1. The summed E-state index contributed by atoms with van der Waals surface area (Å²) in [5.41, 5.74) is 3.23. The fourth-order valence-electron chi connectivity index (χ4n) is 3.65. The summed E-state index contributed by atoms with van der Waals surface area (Å²) >= 11 is 0. The molecule has 3 fully saturated rings. The Balaban J connectivity index is 1.32. The Morgan fingerprint density at radius 3 is 2.25 bits per heavy atom. The Labute approximate surface area is 189 Å².